The lowest BCUT2D eigenvalue weighted by molar-refractivity contribution is 0.0950. The second-order valence-corrected chi connectivity index (χ2v) is 6.60. The molecular formula is C21H22ClN3O3. The Bertz CT molecular complexity index is 927. The number of amides is 1. The lowest BCUT2D eigenvalue weighted by Gasteiger charge is -2.08. The number of aromatic nitrogens is 2. The van der Waals surface area contributed by atoms with E-state index in [4.69, 9.17) is 21.1 Å². The van der Waals surface area contributed by atoms with Gasteiger partial charge in [-0.1, -0.05) is 41.9 Å². The van der Waals surface area contributed by atoms with Crippen LogP contribution in [-0.4, -0.2) is 36.0 Å². The van der Waals surface area contributed by atoms with Crippen LogP contribution in [0.4, 0.5) is 0 Å². The van der Waals surface area contributed by atoms with E-state index in [-0.39, 0.29) is 5.91 Å². The number of carbonyl (C=O) groups excluding carboxylic acids is 1. The van der Waals surface area contributed by atoms with Gasteiger partial charge < -0.3 is 14.8 Å². The van der Waals surface area contributed by atoms with Crippen LogP contribution in [0.3, 0.4) is 0 Å². The number of hydrogen-bond donors (Lipinski definition) is 1. The van der Waals surface area contributed by atoms with E-state index in [0.717, 1.165) is 16.9 Å². The van der Waals surface area contributed by atoms with Gasteiger partial charge >= 0.3 is 0 Å². The molecule has 0 radical (unpaired) electrons. The van der Waals surface area contributed by atoms with Crippen LogP contribution in [0, 0.1) is 0 Å². The Morgan fingerprint density at radius 1 is 1.18 bits per heavy atom. The van der Waals surface area contributed by atoms with Crippen LogP contribution in [-0.2, 0) is 17.8 Å². The molecule has 146 valence electrons. The monoisotopic (exact) mass is 399 g/mol. The molecule has 1 amide bonds. The van der Waals surface area contributed by atoms with Crippen LogP contribution in [0.25, 0.3) is 0 Å². The summed E-state index contributed by atoms with van der Waals surface area (Å²) in [6, 6.07) is 15.2. The topological polar surface area (TPSA) is 65.4 Å². The average Bonchev–Trinajstić information content (AvgIpc) is 3.17. The van der Waals surface area contributed by atoms with Gasteiger partial charge in [0.25, 0.3) is 5.91 Å². The molecule has 0 saturated heterocycles. The first-order valence-corrected chi connectivity index (χ1v) is 9.28. The minimum absolute atomic E-state index is 0.184. The highest BCUT2D eigenvalue weighted by atomic mass is 35.5. The third-order valence-electron chi connectivity index (χ3n) is 4.09. The SMILES string of the molecule is COCCOc1cccc(CNC(=O)c2cnn(Cc3ccccc3Cl)c2)c1. The molecule has 0 fully saturated rings. The van der Waals surface area contributed by atoms with E-state index in [1.807, 2.05) is 48.5 Å². The zero-order chi connectivity index (χ0) is 19.8. The van der Waals surface area contributed by atoms with Crippen molar-refractivity contribution in [1.29, 1.82) is 0 Å². The molecule has 1 heterocycles. The summed E-state index contributed by atoms with van der Waals surface area (Å²) in [5, 5.41) is 7.83. The van der Waals surface area contributed by atoms with E-state index < -0.39 is 0 Å². The summed E-state index contributed by atoms with van der Waals surface area (Å²) < 4.78 is 12.3. The molecule has 1 N–H and O–H groups in total. The molecule has 2 aromatic carbocycles. The van der Waals surface area contributed by atoms with Gasteiger partial charge in [-0.2, -0.15) is 5.10 Å². The van der Waals surface area contributed by atoms with Gasteiger partial charge in [0.2, 0.25) is 0 Å². The fraction of sp³-hybridized carbons (Fsp3) is 0.238. The maximum absolute atomic E-state index is 12.4. The van der Waals surface area contributed by atoms with E-state index >= 15 is 0 Å². The lowest BCUT2D eigenvalue weighted by Crippen LogP contribution is -2.22. The van der Waals surface area contributed by atoms with E-state index in [0.29, 0.717) is 36.9 Å². The maximum atomic E-state index is 12.4. The van der Waals surface area contributed by atoms with Crippen molar-refractivity contribution < 1.29 is 14.3 Å². The summed E-state index contributed by atoms with van der Waals surface area (Å²) in [7, 11) is 1.63. The predicted molar refractivity (Wildman–Crippen MR) is 108 cm³/mol. The standard InChI is InChI=1S/C21H22ClN3O3/c1-27-9-10-28-19-7-4-5-16(11-19)12-23-21(26)18-13-24-25(15-18)14-17-6-2-3-8-20(17)22/h2-8,11,13,15H,9-10,12,14H2,1H3,(H,23,26). The Balaban J connectivity index is 1.55. The number of benzene rings is 2. The van der Waals surface area contributed by atoms with Crippen LogP contribution < -0.4 is 10.1 Å². The van der Waals surface area contributed by atoms with Crippen molar-refractivity contribution in [3.63, 3.8) is 0 Å². The van der Waals surface area contributed by atoms with Gasteiger partial charge in [-0.3, -0.25) is 9.48 Å². The lowest BCUT2D eigenvalue weighted by atomic mass is 10.2. The summed E-state index contributed by atoms with van der Waals surface area (Å²) in [5.74, 6) is 0.562. The Morgan fingerprint density at radius 2 is 2.04 bits per heavy atom. The average molecular weight is 400 g/mol. The molecule has 0 aliphatic heterocycles. The van der Waals surface area contributed by atoms with Crippen molar-refractivity contribution in [1.82, 2.24) is 15.1 Å². The molecule has 0 spiro atoms. The van der Waals surface area contributed by atoms with Gasteiger partial charge in [0.05, 0.1) is 24.9 Å². The number of hydrogen-bond acceptors (Lipinski definition) is 4. The Hall–Kier alpha value is -2.83. The molecule has 3 aromatic rings. The molecule has 6 nitrogen and oxygen atoms in total. The predicted octanol–water partition coefficient (Wildman–Crippen LogP) is 3.54. The van der Waals surface area contributed by atoms with Gasteiger partial charge in [0.15, 0.2) is 0 Å². The normalized spacial score (nSPS) is 10.6. The van der Waals surface area contributed by atoms with Crippen LogP contribution >= 0.6 is 11.6 Å². The first-order valence-electron chi connectivity index (χ1n) is 8.90. The number of nitrogens with one attached hydrogen (secondary N) is 1. The molecule has 1 aromatic heterocycles. The molecule has 0 aliphatic carbocycles. The summed E-state index contributed by atoms with van der Waals surface area (Å²) in [4.78, 5) is 12.4. The zero-order valence-corrected chi connectivity index (χ0v) is 16.4. The largest absolute Gasteiger partial charge is 0.491 e. The van der Waals surface area contributed by atoms with Crippen molar-refractivity contribution in [3.8, 4) is 5.75 Å². The Kier molecular flexibility index (Phi) is 7.06. The van der Waals surface area contributed by atoms with Crippen molar-refractivity contribution in [2.75, 3.05) is 20.3 Å². The molecular weight excluding hydrogens is 378 g/mol. The molecule has 0 bridgehead atoms. The summed E-state index contributed by atoms with van der Waals surface area (Å²) >= 11 is 6.18. The fourth-order valence-electron chi connectivity index (χ4n) is 2.64. The first-order chi connectivity index (χ1) is 13.7. The number of nitrogens with zero attached hydrogens (tertiary/aromatic N) is 2. The van der Waals surface area contributed by atoms with Crippen LogP contribution in [0.5, 0.6) is 5.75 Å². The van der Waals surface area contributed by atoms with E-state index in [2.05, 4.69) is 10.4 Å². The van der Waals surface area contributed by atoms with Crippen LogP contribution in [0.15, 0.2) is 60.9 Å². The number of rotatable bonds is 9. The minimum Gasteiger partial charge on any atom is -0.491 e. The Labute approximate surface area is 169 Å². The van der Waals surface area contributed by atoms with Crippen molar-refractivity contribution in [2.45, 2.75) is 13.1 Å². The van der Waals surface area contributed by atoms with Gasteiger partial charge in [0.1, 0.15) is 12.4 Å². The Morgan fingerprint density at radius 3 is 2.86 bits per heavy atom. The number of ether oxygens (including phenoxy) is 2. The van der Waals surface area contributed by atoms with Gasteiger partial charge in [-0.15, -0.1) is 0 Å². The highest BCUT2D eigenvalue weighted by molar-refractivity contribution is 6.31. The second kappa shape index (κ2) is 9.92. The van der Waals surface area contributed by atoms with E-state index in [9.17, 15) is 4.79 Å². The third kappa shape index (κ3) is 5.58. The molecule has 0 aliphatic rings. The fourth-order valence-corrected chi connectivity index (χ4v) is 2.84. The van der Waals surface area contributed by atoms with Crippen LogP contribution in [0.1, 0.15) is 21.5 Å². The molecule has 7 heteroatoms. The molecule has 28 heavy (non-hydrogen) atoms. The molecule has 3 rings (SSSR count). The van der Waals surface area contributed by atoms with Crippen molar-refractivity contribution >= 4 is 17.5 Å². The summed E-state index contributed by atoms with van der Waals surface area (Å²) in [6.45, 7) is 1.92. The van der Waals surface area contributed by atoms with Crippen molar-refractivity contribution in [2.24, 2.45) is 0 Å². The summed E-state index contributed by atoms with van der Waals surface area (Å²) in [6.07, 6.45) is 3.26. The molecule has 0 saturated carbocycles. The molecule has 0 atom stereocenters. The zero-order valence-electron chi connectivity index (χ0n) is 15.6. The van der Waals surface area contributed by atoms with Crippen molar-refractivity contribution in [3.05, 3.63) is 82.6 Å². The van der Waals surface area contributed by atoms with E-state index in [1.54, 1.807) is 24.2 Å². The van der Waals surface area contributed by atoms with E-state index in [1.165, 1.54) is 0 Å². The second-order valence-electron chi connectivity index (χ2n) is 6.19. The minimum atomic E-state index is -0.184. The smallest absolute Gasteiger partial charge is 0.254 e. The van der Waals surface area contributed by atoms with Gasteiger partial charge in [-0.25, -0.2) is 0 Å². The van der Waals surface area contributed by atoms with Crippen LogP contribution in [0.2, 0.25) is 5.02 Å². The van der Waals surface area contributed by atoms with Gasteiger partial charge in [0, 0.05) is 24.9 Å². The maximum Gasteiger partial charge on any atom is 0.254 e. The third-order valence-corrected chi connectivity index (χ3v) is 4.46. The number of carbonyl (C=O) groups is 1. The highest BCUT2D eigenvalue weighted by Crippen LogP contribution is 2.16. The number of methoxy groups -OCH3 is 1. The molecule has 0 unspecified atom stereocenters. The quantitative estimate of drug-likeness (QED) is 0.559. The number of halogens is 1. The highest BCUT2D eigenvalue weighted by Gasteiger charge is 2.10. The van der Waals surface area contributed by atoms with Gasteiger partial charge in [-0.05, 0) is 29.3 Å². The summed E-state index contributed by atoms with van der Waals surface area (Å²) in [5.41, 5.74) is 2.40. The first kappa shape index (κ1) is 19.9.